The maximum absolute atomic E-state index is 12.3. The van der Waals surface area contributed by atoms with Gasteiger partial charge in [-0.25, -0.2) is 0 Å². The zero-order chi connectivity index (χ0) is 20.2. The zero-order valence-corrected chi connectivity index (χ0v) is 18.0. The molecular formula is C25H40O3. The quantitative estimate of drug-likeness (QED) is 0.337. The van der Waals surface area contributed by atoms with Crippen molar-refractivity contribution in [3.05, 3.63) is 35.4 Å². The highest BCUT2D eigenvalue weighted by Gasteiger charge is 2.37. The van der Waals surface area contributed by atoms with Crippen LogP contribution in [-0.2, 0) is 21.6 Å². The Morgan fingerprint density at radius 3 is 2.21 bits per heavy atom. The zero-order valence-electron chi connectivity index (χ0n) is 18.0. The SMILES string of the molecule is CCCCCCCOC(=O)C1CCC(O)(c2ccc(CCCCC)cc2)CC1. The molecule has 1 aliphatic rings. The maximum Gasteiger partial charge on any atom is 0.308 e. The molecule has 3 nitrogen and oxygen atoms in total. The molecule has 1 aromatic rings. The molecule has 0 unspecified atom stereocenters. The summed E-state index contributed by atoms with van der Waals surface area (Å²) in [6, 6.07) is 8.47. The van der Waals surface area contributed by atoms with E-state index < -0.39 is 5.60 Å². The highest BCUT2D eigenvalue weighted by molar-refractivity contribution is 5.72. The van der Waals surface area contributed by atoms with E-state index in [1.807, 2.05) is 0 Å². The average molecular weight is 389 g/mol. The Morgan fingerprint density at radius 2 is 1.57 bits per heavy atom. The molecule has 0 atom stereocenters. The summed E-state index contributed by atoms with van der Waals surface area (Å²) in [5.74, 6) is -0.118. The first kappa shape index (κ1) is 22.9. The van der Waals surface area contributed by atoms with Crippen LogP contribution >= 0.6 is 0 Å². The van der Waals surface area contributed by atoms with Gasteiger partial charge in [0.15, 0.2) is 0 Å². The second-order valence-corrected chi connectivity index (χ2v) is 8.54. The molecule has 0 aliphatic heterocycles. The van der Waals surface area contributed by atoms with Crippen molar-refractivity contribution in [2.75, 3.05) is 6.61 Å². The van der Waals surface area contributed by atoms with E-state index in [4.69, 9.17) is 4.74 Å². The van der Waals surface area contributed by atoms with Crippen molar-refractivity contribution in [2.24, 2.45) is 5.92 Å². The fourth-order valence-electron chi connectivity index (χ4n) is 4.18. The molecule has 0 aromatic heterocycles. The van der Waals surface area contributed by atoms with Gasteiger partial charge in [0.05, 0.1) is 18.1 Å². The highest BCUT2D eigenvalue weighted by Crippen LogP contribution is 2.40. The van der Waals surface area contributed by atoms with Crippen molar-refractivity contribution in [3.8, 4) is 0 Å². The third-order valence-corrected chi connectivity index (χ3v) is 6.20. The second kappa shape index (κ2) is 12.3. The Balaban J connectivity index is 1.74. The number of aliphatic hydroxyl groups is 1. The Hall–Kier alpha value is -1.35. The molecule has 0 bridgehead atoms. The molecule has 0 spiro atoms. The van der Waals surface area contributed by atoms with Gasteiger partial charge in [0.1, 0.15) is 0 Å². The van der Waals surface area contributed by atoms with Crippen molar-refractivity contribution >= 4 is 5.97 Å². The molecule has 1 fully saturated rings. The number of ether oxygens (including phenoxy) is 1. The number of hydrogen-bond donors (Lipinski definition) is 1. The lowest BCUT2D eigenvalue weighted by atomic mass is 9.75. The summed E-state index contributed by atoms with van der Waals surface area (Å²) in [4.78, 5) is 12.3. The number of esters is 1. The van der Waals surface area contributed by atoms with Crippen LogP contribution in [0.1, 0.15) is 102 Å². The second-order valence-electron chi connectivity index (χ2n) is 8.54. The van der Waals surface area contributed by atoms with Crippen LogP contribution in [0, 0.1) is 5.92 Å². The lowest BCUT2D eigenvalue weighted by molar-refractivity contribution is -0.152. The van der Waals surface area contributed by atoms with Gasteiger partial charge in [-0.15, -0.1) is 0 Å². The number of carbonyl (C=O) groups excluding carboxylic acids is 1. The van der Waals surface area contributed by atoms with E-state index in [-0.39, 0.29) is 11.9 Å². The Kier molecular flexibility index (Phi) is 10.0. The van der Waals surface area contributed by atoms with Crippen molar-refractivity contribution in [2.45, 2.75) is 103 Å². The van der Waals surface area contributed by atoms with Crippen molar-refractivity contribution in [1.82, 2.24) is 0 Å². The van der Waals surface area contributed by atoms with Crippen LogP contribution in [0.2, 0.25) is 0 Å². The topological polar surface area (TPSA) is 46.5 Å². The summed E-state index contributed by atoms with van der Waals surface area (Å²) in [6.45, 7) is 4.97. The van der Waals surface area contributed by atoms with Crippen molar-refractivity contribution < 1.29 is 14.6 Å². The maximum atomic E-state index is 12.3. The van der Waals surface area contributed by atoms with Crippen LogP contribution in [0.25, 0.3) is 0 Å². The van der Waals surface area contributed by atoms with Crippen LogP contribution in [0.15, 0.2) is 24.3 Å². The fraction of sp³-hybridized carbons (Fsp3) is 0.720. The molecule has 28 heavy (non-hydrogen) atoms. The first-order valence-electron chi connectivity index (χ1n) is 11.6. The molecule has 0 radical (unpaired) electrons. The minimum Gasteiger partial charge on any atom is -0.465 e. The van der Waals surface area contributed by atoms with Crippen molar-refractivity contribution in [3.63, 3.8) is 0 Å². The average Bonchev–Trinajstić information content (AvgIpc) is 2.71. The molecule has 1 saturated carbocycles. The smallest absolute Gasteiger partial charge is 0.308 e. The predicted octanol–water partition coefficient (Wildman–Crippen LogP) is 6.31. The molecule has 0 amide bonds. The third kappa shape index (κ3) is 7.24. The fourth-order valence-corrected chi connectivity index (χ4v) is 4.18. The summed E-state index contributed by atoms with van der Waals surface area (Å²) in [6.07, 6.45) is 13.4. The largest absolute Gasteiger partial charge is 0.465 e. The van der Waals surface area contributed by atoms with Gasteiger partial charge in [0.25, 0.3) is 0 Å². The summed E-state index contributed by atoms with van der Waals surface area (Å²) in [5, 5.41) is 11.1. The van der Waals surface area contributed by atoms with Crippen molar-refractivity contribution in [1.29, 1.82) is 0 Å². The van der Waals surface area contributed by atoms with Gasteiger partial charge in [-0.2, -0.15) is 0 Å². The molecule has 0 heterocycles. The predicted molar refractivity (Wildman–Crippen MR) is 115 cm³/mol. The molecule has 0 saturated heterocycles. The first-order chi connectivity index (χ1) is 13.6. The van der Waals surface area contributed by atoms with E-state index in [0.29, 0.717) is 32.3 Å². The van der Waals surface area contributed by atoms with Crippen LogP contribution in [-0.4, -0.2) is 17.7 Å². The van der Waals surface area contributed by atoms with Gasteiger partial charge in [0.2, 0.25) is 0 Å². The third-order valence-electron chi connectivity index (χ3n) is 6.20. The van der Waals surface area contributed by atoms with Crippen LogP contribution in [0.5, 0.6) is 0 Å². The Morgan fingerprint density at radius 1 is 0.964 bits per heavy atom. The normalized spacial score (nSPS) is 22.2. The number of rotatable bonds is 12. The monoisotopic (exact) mass is 388 g/mol. The minimum absolute atomic E-state index is 0.0516. The van der Waals surface area contributed by atoms with Gasteiger partial charge >= 0.3 is 5.97 Å². The van der Waals surface area contributed by atoms with Crippen LogP contribution < -0.4 is 0 Å². The number of hydrogen-bond acceptors (Lipinski definition) is 3. The number of aryl methyl sites for hydroxylation is 1. The van der Waals surface area contributed by atoms with E-state index in [1.54, 1.807) is 0 Å². The standard InChI is InChI=1S/C25H40O3/c1-3-5-7-8-10-20-28-24(26)22-16-18-25(27,19-17-22)23-14-12-21(13-15-23)11-9-6-4-2/h12-15,22,27H,3-11,16-20H2,1-2H3. The van der Waals surface area contributed by atoms with Gasteiger partial charge < -0.3 is 9.84 Å². The summed E-state index contributed by atoms with van der Waals surface area (Å²) in [7, 11) is 0. The molecule has 2 rings (SSSR count). The Labute approximate surface area is 171 Å². The van der Waals surface area contributed by atoms with E-state index in [0.717, 1.165) is 24.8 Å². The number of benzene rings is 1. The minimum atomic E-state index is -0.793. The summed E-state index contributed by atoms with van der Waals surface area (Å²) >= 11 is 0. The van der Waals surface area contributed by atoms with Gasteiger partial charge in [0, 0.05) is 0 Å². The summed E-state index contributed by atoms with van der Waals surface area (Å²) < 4.78 is 5.48. The van der Waals surface area contributed by atoms with E-state index in [2.05, 4.69) is 38.1 Å². The Bertz CT molecular complexity index is 556. The number of unbranched alkanes of at least 4 members (excludes halogenated alkanes) is 6. The lowest BCUT2D eigenvalue weighted by Crippen LogP contribution is -2.34. The van der Waals surface area contributed by atoms with E-state index in [9.17, 15) is 9.90 Å². The molecular weight excluding hydrogens is 348 g/mol. The van der Waals surface area contributed by atoms with E-state index in [1.165, 1.54) is 44.1 Å². The summed E-state index contributed by atoms with van der Waals surface area (Å²) in [5.41, 5.74) is 1.55. The molecule has 158 valence electrons. The first-order valence-corrected chi connectivity index (χ1v) is 11.6. The molecule has 1 aromatic carbocycles. The van der Waals surface area contributed by atoms with Gasteiger partial charge in [-0.3, -0.25) is 4.79 Å². The van der Waals surface area contributed by atoms with Crippen LogP contribution in [0.4, 0.5) is 0 Å². The molecule has 3 heteroatoms. The van der Waals surface area contributed by atoms with Gasteiger partial charge in [-0.05, 0) is 56.1 Å². The highest BCUT2D eigenvalue weighted by atomic mass is 16.5. The number of carbonyl (C=O) groups is 1. The van der Waals surface area contributed by atoms with Gasteiger partial charge in [-0.1, -0.05) is 76.6 Å². The van der Waals surface area contributed by atoms with E-state index >= 15 is 0 Å². The molecule has 1 aliphatic carbocycles. The van der Waals surface area contributed by atoms with Crippen LogP contribution in [0.3, 0.4) is 0 Å². The lowest BCUT2D eigenvalue weighted by Gasteiger charge is -2.35. The molecule has 1 N–H and O–H groups in total.